The topological polar surface area (TPSA) is 115 Å². The summed E-state index contributed by atoms with van der Waals surface area (Å²) in [6.45, 7) is 3.45. The average molecular weight is 457 g/mol. The van der Waals surface area contributed by atoms with Crippen molar-refractivity contribution in [1.29, 1.82) is 0 Å². The maximum Gasteiger partial charge on any atom is 0.341 e. The van der Waals surface area contributed by atoms with Gasteiger partial charge < -0.3 is 14.5 Å². The van der Waals surface area contributed by atoms with Crippen molar-refractivity contribution in [3.8, 4) is 0 Å². The highest BCUT2D eigenvalue weighted by atomic mass is 32.2. The quantitative estimate of drug-likeness (QED) is 0.504. The van der Waals surface area contributed by atoms with E-state index in [9.17, 15) is 18.0 Å². The van der Waals surface area contributed by atoms with Crippen LogP contribution in [0.5, 0.6) is 0 Å². The van der Waals surface area contributed by atoms with E-state index in [-0.39, 0.29) is 29.1 Å². The zero-order valence-corrected chi connectivity index (χ0v) is 18.8. The first-order valence-electron chi connectivity index (χ1n) is 9.81. The number of carbonyl (C=O) groups is 2. The van der Waals surface area contributed by atoms with Gasteiger partial charge in [-0.25, -0.2) is 17.9 Å². The minimum atomic E-state index is -3.83. The van der Waals surface area contributed by atoms with Crippen LogP contribution in [0, 0.1) is 13.8 Å². The first-order valence-corrected chi connectivity index (χ1v) is 11.3. The molecule has 168 valence electrons. The van der Waals surface area contributed by atoms with Gasteiger partial charge in [0, 0.05) is 12.1 Å². The fourth-order valence-corrected chi connectivity index (χ4v) is 4.38. The van der Waals surface area contributed by atoms with Crippen molar-refractivity contribution in [3.05, 3.63) is 88.4 Å². The Kier molecular flexibility index (Phi) is 7.12. The van der Waals surface area contributed by atoms with Gasteiger partial charge in [-0.2, -0.15) is 0 Å². The molecule has 0 spiro atoms. The fourth-order valence-electron chi connectivity index (χ4n) is 3.10. The maximum atomic E-state index is 12.8. The summed E-state index contributed by atoms with van der Waals surface area (Å²) in [5.74, 6) is -0.242. The van der Waals surface area contributed by atoms with Gasteiger partial charge in [0.05, 0.1) is 18.6 Å². The third-order valence-electron chi connectivity index (χ3n) is 4.85. The number of amides is 1. The molecule has 0 fully saturated rings. The van der Waals surface area contributed by atoms with E-state index in [1.807, 2.05) is 30.3 Å². The first kappa shape index (κ1) is 23.2. The second kappa shape index (κ2) is 9.80. The Morgan fingerprint density at radius 1 is 1.00 bits per heavy atom. The Bertz CT molecular complexity index is 1230. The molecule has 0 bridgehead atoms. The van der Waals surface area contributed by atoms with Crippen molar-refractivity contribution >= 4 is 21.9 Å². The molecule has 0 aliphatic carbocycles. The number of methoxy groups -OCH3 is 1. The molecule has 0 atom stereocenters. The molecule has 1 aromatic heterocycles. The zero-order chi connectivity index (χ0) is 23.3. The molecular weight excluding hydrogens is 432 g/mol. The Hall–Kier alpha value is -3.43. The van der Waals surface area contributed by atoms with E-state index < -0.39 is 21.9 Å². The smallest absolute Gasteiger partial charge is 0.341 e. The maximum absolute atomic E-state index is 12.8. The predicted octanol–water partition coefficient (Wildman–Crippen LogP) is 3.09. The van der Waals surface area contributed by atoms with Crippen molar-refractivity contribution in [2.45, 2.75) is 31.8 Å². The summed E-state index contributed by atoms with van der Waals surface area (Å²) >= 11 is 0. The van der Waals surface area contributed by atoms with Gasteiger partial charge in [0.25, 0.3) is 5.91 Å². The first-order chi connectivity index (χ1) is 15.2. The standard InChI is InChI=1S/C23H24N2O6S/c1-15-9-10-18(11-21(15)32(28,29)25-13-17-7-5-4-6-8-17)22(26)24-14-19-12-20(16(2)31-19)23(27)30-3/h4-12,25H,13-14H2,1-3H3,(H,24,26). The number of ether oxygens (including phenoxy) is 1. The van der Waals surface area contributed by atoms with E-state index >= 15 is 0 Å². The number of esters is 1. The molecule has 0 aliphatic heterocycles. The Balaban J connectivity index is 1.71. The van der Waals surface area contributed by atoms with Gasteiger partial charge in [0.2, 0.25) is 10.0 Å². The largest absolute Gasteiger partial charge is 0.465 e. The normalized spacial score (nSPS) is 11.2. The van der Waals surface area contributed by atoms with Crippen LogP contribution in [0.4, 0.5) is 0 Å². The summed E-state index contributed by atoms with van der Waals surface area (Å²) in [5.41, 5.74) is 1.81. The molecule has 0 saturated heterocycles. The summed E-state index contributed by atoms with van der Waals surface area (Å²) in [6.07, 6.45) is 0. The SMILES string of the molecule is COC(=O)c1cc(CNC(=O)c2ccc(C)c(S(=O)(=O)NCc3ccccc3)c2)oc1C. The summed E-state index contributed by atoms with van der Waals surface area (Å²) in [4.78, 5) is 24.3. The Morgan fingerprint density at radius 3 is 2.41 bits per heavy atom. The van der Waals surface area contributed by atoms with Gasteiger partial charge >= 0.3 is 5.97 Å². The summed E-state index contributed by atoms with van der Waals surface area (Å²) < 4.78 is 38.3. The molecule has 32 heavy (non-hydrogen) atoms. The van der Waals surface area contributed by atoms with E-state index in [0.29, 0.717) is 17.1 Å². The number of benzene rings is 2. The van der Waals surface area contributed by atoms with Crippen LogP contribution < -0.4 is 10.0 Å². The molecule has 0 unspecified atom stereocenters. The number of hydrogen-bond acceptors (Lipinski definition) is 6. The van der Waals surface area contributed by atoms with E-state index in [2.05, 4.69) is 14.8 Å². The van der Waals surface area contributed by atoms with Gasteiger partial charge in [-0.3, -0.25) is 4.79 Å². The molecule has 1 amide bonds. The number of nitrogens with one attached hydrogen (secondary N) is 2. The summed E-state index contributed by atoms with van der Waals surface area (Å²) in [6, 6.07) is 15.1. The van der Waals surface area contributed by atoms with Crippen LogP contribution in [-0.2, 0) is 27.8 Å². The van der Waals surface area contributed by atoms with E-state index in [1.54, 1.807) is 26.0 Å². The van der Waals surface area contributed by atoms with Crippen LogP contribution >= 0.6 is 0 Å². The highest BCUT2D eigenvalue weighted by Gasteiger charge is 2.20. The van der Waals surface area contributed by atoms with E-state index in [1.165, 1.54) is 19.2 Å². The highest BCUT2D eigenvalue weighted by Crippen LogP contribution is 2.19. The number of aryl methyl sites for hydroxylation is 2. The van der Waals surface area contributed by atoms with Crippen LogP contribution in [-0.4, -0.2) is 27.4 Å². The van der Waals surface area contributed by atoms with Crippen molar-refractivity contribution in [2.75, 3.05) is 7.11 Å². The summed E-state index contributed by atoms with van der Waals surface area (Å²) in [5, 5.41) is 2.67. The van der Waals surface area contributed by atoms with Crippen molar-refractivity contribution in [2.24, 2.45) is 0 Å². The van der Waals surface area contributed by atoms with Gasteiger partial charge in [-0.05, 0) is 43.2 Å². The number of rotatable bonds is 8. The molecule has 3 aromatic rings. The minimum absolute atomic E-state index is 0.0267. The third-order valence-corrected chi connectivity index (χ3v) is 6.39. The van der Waals surface area contributed by atoms with Crippen molar-refractivity contribution in [1.82, 2.24) is 10.0 Å². The Labute approximate surface area is 186 Å². The van der Waals surface area contributed by atoms with E-state index in [4.69, 9.17) is 4.42 Å². The second-order valence-corrected chi connectivity index (χ2v) is 8.88. The molecule has 0 aliphatic rings. The van der Waals surface area contributed by atoms with Crippen molar-refractivity contribution < 1.29 is 27.2 Å². The van der Waals surface area contributed by atoms with Crippen LogP contribution in [0.25, 0.3) is 0 Å². The summed E-state index contributed by atoms with van der Waals surface area (Å²) in [7, 11) is -2.56. The molecule has 0 radical (unpaired) electrons. The van der Waals surface area contributed by atoms with Crippen LogP contribution in [0.1, 0.15) is 43.4 Å². The molecular formula is C23H24N2O6S. The van der Waals surface area contributed by atoms with E-state index in [0.717, 1.165) is 5.56 Å². The molecule has 0 saturated carbocycles. The average Bonchev–Trinajstić information content (AvgIpc) is 3.17. The van der Waals surface area contributed by atoms with Crippen LogP contribution in [0.15, 0.2) is 63.9 Å². The number of furan rings is 1. The highest BCUT2D eigenvalue weighted by molar-refractivity contribution is 7.89. The lowest BCUT2D eigenvalue weighted by atomic mass is 10.1. The molecule has 9 heteroatoms. The number of hydrogen-bond donors (Lipinski definition) is 2. The Morgan fingerprint density at radius 2 is 1.72 bits per heavy atom. The van der Waals surface area contributed by atoms with Crippen LogP contribution in [0.3, 0.4) is 0 Å². The predicted molar refractivity (Wildman–Crippen MR) is 118 cm³/mol. The molecule has 8 nitrogen and oxygen atoms in total. The third kappa shape index (κ3) is 5.43. The van der Waals surface area contributed by atoms with Gasteiger partial charge in [0.15, 0.2) is 0 Å². The monoisotopic (exact) mass is 456 g/mol. The van der Waals surface area contributed by atoms with Crippen molar-refractivity contribution in [3.63, 3.8) is 0 Å². The lowest BCUT2D eigenvalue weighted by Gasteiger charge is -2.11. The number of carbonyl (C=O) groups excluding carboxylic acids is 2. The molecule has 2 aromatic carbocycles. The molecule has 1 heterocycles. The van der Waals surface area contributed by atoms with Crippen LogP contribution in [0.2, 0.25) is 0 Å². The number of sulfonamides is 1. The second-order valence-electron chi connectivity index (χ2n) is 7.15. The van der Waals surface area contributed by atoms with Gasteiger partial charge in [-0.15, -0.1) is 0 Å². The lowest BCUT2D eigenvalue weighted by molar-refractivity contribution is 0.0598. The van der Waals surface area contributed by atoms with Gasteiger partial charge in [-0.1, -0.05) is 36.4 Å². The minimum Gasteiger partial charge on any atom is -0.465 e. The fraction of sp³-hybridized carbons (Fsp3) is 0.217. The van der Waals surface area contributed by atoms with Gasteiger partial charge in [0.1, 0.15) is 17.1 Å². The molecule has 3 rings (SSSR count). The lowest BCUT2D eigenvalue weighted by Crippen LogP contribution is -2.26. The molecule has 2 N–H and O–H groups in total. The zero-order valence-electron chi connectivity index (χ0n) is 18.0.